The smallest absolute Gasteiger partial charge is 0.231 e. The molecule has 1 aliphatic rings. The van der Waals surface area contributed by atoms with Gasteiger partial charge in [0.2, 0.25) is 16.9 Å². The molecule has 1 fully saturated rings. The van der Waals surface area contributed by atoms with Gasteiger partial charge >= 0.3 is 0 Å². The van der Waals surface area contributed by atoms with E-state index >= 15 is 0 Å². The SMILES string of the molecule is CCOc1ccc(N2C[C@H](C(=O)Nc3nnc(Cc4ccc(OC)c(OC)c4)s3)CC2=O)cc1. The van der Waals surface area contributed by atoms with Crippen LogP contribution in [0.4, 0.5) is 10.8 Å². The van der Waals surface area contributed by atoms with Crippen molar-refractivity contribution in [2.45, 2.75) is 19.8 Å². The van der Waals surface area contributed by atoms with Gasteiger partial charge in [-0.15, -0.1) is 10.2 Å². The minimum Gasteiger partial charge on any atom is -0.494 e. The van der Waals surface area contributed by atoms with Crippen molar-refractivity contribution in [1.29, 1.82) is 0 Å². The maximum absolute atomic E-state index is 12.8. The second-order valence-corrected chi connectivity index (χ2v) is 8.75. The van der Waals surface area contributed by atoms with Gasteiger partial charge in [-0.05, 0) is 48.9 Å². The molecule has 1 atom stereocenters. The Morgan fingerprint density at radius 2 is 1.88 bits per heavy atom. The lowest BCUT2D eigenvalue weighted by atomic mass is 10.1. The van der Waals surface area contributed by atoms with Gasteiger partial charge in [-0.25, -0.2) is 0 Å². The molecule has 2 aromatic carbocycles. The number of amides is 2. The fourth-order valence-electron chi connectivity index (χ4n) is 3.77. The molecule has 1 aromatic heterocycles. The number of aromatic nitrogens is 2. The lowest BCUT2D eigenvalue weighted by molar-refractivity contribution is -0.122. The minimum atomic E-state index is -0.461. The summed E-state index contributed by atoms with van der Waals surface area (Å²) >= 11 is 1.30. The van der Waals surface area contributed by atoms with Crippen molar-refractivity contribution in [3.63, 3.8) is 0 Å². The minimum absolute atomic E-state index is 0.0873. The van der Waals surface area contributed by atoms with Crippen LogP contribution in [0.1, 0.15) is 23.9 Å². The molecule has 1 aliphatic heterocycles. The molecule has 2 amide bonds. The zero-order valence-corrected chi connectivity index (χ0v) is 20.1. The molecule has 1 N–H and O–H groups in total. The third-order valence-corrected chi connectivity index (χ3v) is 6.29. The molecule has 34 heavy (non-hydrogen) atoms. The van der Waals surface area contributed by atoms with Gasteiger partial charge in [0.15, 0.2) is 11.5 Å². The molecular weight excluding hydrogens is 456 g/mol. The summed E-state index contributed by atoms with van der Waals surface area (Å²) in [5, 5.41) is 12.2. The molecule has 3 aromatic rings. The van der Waals surface area contributed by atoms with Crippen LogP contribution in [0.3, 0.4) is 0 Å². The van der Waals surface area contributed by atoms with Gasteiger partial charge in [0.05, 0.1) is 26.7 Å². The van der Waals surface area contributed by atoms with E-state index in [2.05, 4.69) is 15.5 Å². The van der Waals surface area contributed by atoms with E-state index in [1.807, 2.05) is 49.4 Å². The monoisotopic (exact) mass is 482 g/mol. The van der Waals surface area contributed by atoms with Crippen LogP contribution in [0.25, 0.3) is 0 Å². The average Bonchev–Trinajstić information content (AvgIpc) is 3.45. The predicted molar refractivity (Wildman–Crippen MR) is 129 cm³/mol. The number of nitrogens with zero attached hydrogens (tertiary/aromatic N) is 3. The number of carbonyl (C=O) groups is 2. The number of methoxy groups -OCH3 is 2. The molecule has 0 bridgehead atoms. The molecule has 0 unspecified atom stereocenters. The van der Waals surface area contributed by atoms with Crippen molar-refractivity contribution in [1.82, 2.24) is 10.2 Å². The average molecular weight is 483 g/mol. The van der Waals surface area contributed by atoms with E-state index in [1.165, 1.54) is 11.3 Å². The van der Waals surface area contributed by atoms with E-state index in [1.54, 1.807) is 19.1 Å². The Bertz CT molecular complexity index is 1160. The van der Waals surface area contributed by atoms with Crippen molar-refractivity contribution >= 4 is 34.0 Å². The third-order valence-electron chi connectivity index (χ3n) is 5.46. The van der Waals surface area contributed by atoms with Crippen LogP contribution in [0.15, 0.2) is 42.5 Å². The number of hydrogen-bond donors (Lipinski definition) is 1. The lowest BCUT2D eigenvalue weighted by Gasteiger charge is -2.17. The first kappa shape index (κ1) is 23.5. The highest BCUT2D eigenvalue weighted by atomic mass is 32.1. The summed E-state index contributed by atoms with van der Waals surface area (Å²) in [4.78, 5) is 27.0. The Morgan fingerprint density at radius 3 is 2.59 bits per heavy atom. The van der Waals surface area contributed by atoms with E-state index in [-0.39, 0.29) is 18.2 Å². The normalized spacial score (nSPS) is 15.3. The second kappa shape index (κ2) is 10.5. The molecule has 2 heterocycles. The fourth-order valence-corrected chi connectivity index (χ4v) is 4.55. The molecule has 0 radical (unpaired) electrons. The number of hydrogen-bond acceptors (Lipinski definition) is 8. The number of rotatable bonds is 9. The summed E-state index contributed by atoms with van der Waals surface area (Å²) in [6, 6.07) is 13.0. The summed E-state index contributed by atoms with van der Waals surface area (Å²) in [6.45, 7) is 2.81. The van der Waals surface area contributed by atoms with E-state index < -0.39 is 5.92 Å². The second-order valence-electron chi connectivity index (χ2n) is 7.69. The highest BCUT2D eigenvalue weighted by Crippen LogP contribution is 2.30. The van der Waals surface area contributed by atoms with E-state index in [9.17, 15) is 9.59 Å². The van der Waals surface area contributed by atoms with Crippen molar-refractivity contribution in [3.05, 3.63) is 53.0 Å². The first-order chi connectivity index (χ1) is 16.5. The number of anilines is 2. The first-order valence-corrected chi connectivity index (χ1v) is 11.7. The van der Waals surface area contributed by atoms with Gasteiger partial charge in [-0.3, -0.25) is 9.59 Å². The molecule has 0 saturated carbocycles. The van der Waals surface area contributed by atoms with Gasteiger partial charge in [-0.1, -0.05) is 17.4 Å². The Labute approximate surface area is 201 Å². The van der Waals surface area contributed by atoms with Gasteiger partial charge in [0.1, 0.15) is 10.8 Å². The highest BCUT2D eigenvalue weighted by molar-refractivity contribution is 7.15. The predicted octanol–water partition coefficient (Wildman–Crippen LogP) is 3.54. The summed E-state index contributed by atoms with van der Waals surface area (Å²) < 4.78 is 16.1. The summed E-state index contributed by atoms with van der Waals surface area (Å²) in [5.41, 5.74) is 1.73. The number of carbonyl (C=O) groups excluding carboxylic acids is 2. The van der Waals surface area contributed by atoms with E-state index in [0.29, 0.717) is 36.2 Å². The van der Waals surface area contributed by atoms with E-state index in [4.69, 9.17) is 14.2 Å². The van der Waals surface area contributed by atoms with Crippen molar-refractivity contribution in [2.75, 3.05) is 37.6 Å². The number of nitrogens with one attached hydrogen (secondary N) is 1. The molecular formula is C24H26N4O5S. The summed E-state index contributed by atoms with van der Waals surface area (Å²) in [6.07, 6.45) is 0.692. The summed E-state index contributed by atoms with van der Waals surface area (Å²) in [7, 11) is 3.18. The largest absolute Gasteiger partial charge is 0.494 e. The molecule has 4 rings (SSSR count). The molecule has 10 heteroatoms. The fraction of sp³-hybridized carbons (Fsp3) is 0.333. The van der Waals surface area contributed by atoms with Crippen LogP contribution >= 0.6 is 11.3 Å². The first-order valence-electron chi connectivity index (χ1n) is 10.9. The van der Waals surface area contributed by atoms with Gasteiger partial charge in [0, 0.05) is 25.1 Å². The summed E-state index contributed by atoms with van der Waals surface area (Å²) in [5.74, 6) is 1.25. The zero-order valence-electron chi connectivity index (χ0n) is 19.2. The van der Waals surface area contributed by atoms with Crippen molar-refractivity contribution in [2.24, 2.45) is 5.92 Å². The Balaban J connectivity index is 1.36. The maximum atomic E-state index is 12.8. The van der Waals surface area contributed by atoms with Crippen LogP contribution in [0.2, 0.25) is 0 Å². The van der Waals surface area contributed by atoms with Crippen LogP contribution in [-0.2, 0) is 16.0 Å². The van der Waals surface area contributed by atoms with Gasteiger partial charge in [0.25, 0.3) is 0 Å². The lowest BCUT2D eigenvalue weighted by Crippen LogP contribution is -2.28. The third kappa shape index (κ3) is 5.28. The molecule has 178 valence electrons. The number of ether oxygens (including phenoxy) is 3. The van der Waals surface area contributed by atoms with Crippen LogP contribution in [0.5, 0.6) is 17.2 Å². The van der Waals surface area contributed by atoms with Gasteiger partial charge in [-0.2, -0.15) is 0 Å². The quantitative estimate of drug-likeness (QED) is 0.498. The highest BCUT2D eigenvalue weighted by Gasteiger charge is 2.35. The Morgan fingerprint density at radius 1 is 1.12 bits per heavy atom. The van der Waals surface area contributed by atoms with Crippen molar-refractivity contribution < 1.29 is 23.8 Å². The molecule has 0 aliphatic carbocycles. The van der Waals surface area contributed by atoms with Gasteiger partial charge < -0.3 is 24.4 Å². The molecule has 9 nitrogen and oxygen atoms in total. The number of benzene rings is 2. The topological polar surface area (TPSA) is 103 Å². The Kier molecular flexibility index (Phi) is 7.27. The molecule has 1 saturated heterocycles. The maximum Gasteiger partial charge on any atom is 0.231 e. The zero-order chi connectivity index (χ0) is 24.1. The standard InChI is InChI=1S/C24H26N4O5S/c1-4-33-18-8-6-17(7-9-18)28-14-16(13-22(28)29)23(30)25-24-27-26-21(34-24)12-15-5-10-19(31-2)20(11-15)32-3/h5-11,16H,4,12-14H2,1-3H3,(H,25,27,30)/t16-/m1/s1. The van der Waals surface area contributed by atoms with Crippen LogP contribution in [-0.4, -0.2) is 49.4 Å². The Hall–Kier alpha value is -3.66. The molecule has 0 spiro atoms. The van der Waals surface area contributed by atoms with E-state index in [0.717, 1.165) is 22.0 Å². The van der Waals surface area contributed by atoms with Crippen LogP contribution in [0, 0.1) is 5.92 Å². The van der Waals surface area contributed by atoms with Crippen LogP contribution < -0.4 is 24.4 Å². The van der Waals surface area contributed by atoms with Crippen molar-refractivity contribution in [3.8, 4) is 17.2 Å².